The molecule has 4 rings (SSSR count). The highest BCUT2D eigenvalue weighted by atomic mass is 32.1. The van der Waals surface area contributed by atoms with Crippen molar-refractivity contribution < 1.29 is 58.5 Å². The molecule has 0 fully saturated rings. The van der Waals surface area contributed by atoms with Gasteiger partial charge in [0.15, 0.2) is 0 Å². The molecule has 0 unspecified atom stereocenters. The van der Waals surface area contributed by atoms with Gasteiger partial charge in [-0.2, -0.15) is 12.6 Å². The molecule has 0 aliphatic rings. The van der Waals surface area contributed by atoms with Crippen molar-refractivity contribution in [3.63, 3.8) is 0 Å². The highest BCUT2D eigenvalue weighted by Gasteiger charge is 2.35. The number of carboxylic acid groups (broad SMARTS) is 2. The average molecular weight is 1050 g/mol. The number of aromatic hydroxyl groups is 1. The van der Waals surface area contributed by atoms with Crippen molar-refractivity contribution in [1.29, 1.82) is 0 Å². The number of hydrogen-bond acceptors (Lipinski definition) is 13. The molecule has 7 amide bonds. The fourth-order valence-corrected chi connectivity index (χ4v) is 8.03. The van der Waals surface area contributed by atoms with Crippen LogP contribution in [0, 0.1) is 5.92 Å². The van der Waals surface area contributed by atoms with E-state index in [4.69, 9.17) is 16.6 Å². The molecule has 1 heterocycles. The summed E-state index contributed by atoms with van der Waals surface area (Å²) in [5.41, 5.74) is 14.0. The molecule has 0 saturated heterocycles. The van der Waals surface area contributed by atoms with Crippen LogP contribution in [0.25, 0.3) is 10.9 Å². The average Bonchev–Trinajstić information content (AvgIpc) is 3.78. The summed E-state index contributed by atoms with van der Waals surface area (Å²) in [6.07, 6.45) is 1.83. The van der Waals surface area contributed by atoms with Crippen LogP contribution in [0.15, 0.2) is 85.1 Å². The number of fused-ring (bicyclic) bond motifs is 1. The number of aromatic amines is 1. The number of unbranched alkanes of at least 4 members (excludes halogenated alkanes) is 1. The van der Waals surface area contributed by atoms with Gasteiger partial charge in [0.2, 0.25) is 41.4 Å². The maximum Gasteiger partial charge on any atom is 0.326 e. The Labute approximate surface area is 433 Å². The number of amides is 7. The maximum atomic E-state index is 14.4. The number of carbonyl (C=O) groups is 9. The highest BCUT2D eigenvalue weighted by molar-refractivity contribution is 7.80. The number of para-hydroxylation sites is 1. The molecule has 0 aliphatic carbocycles. The third kappa shape index (κ3) is 18.5. The lowest BCUT2D eigenvalue weighted by Crippen LogP contribution is -2.61. The minimum atomic E-state index is -1.42. The fourth-order valence-electron chi connectivity index (χ4n) is 7.77. The third-order valence-corrected chi connectivity index (χ3v) is 12.4. The van der Waals surface area contributed by atoms with Gasteiger partial charge in [-0.25, -0.2) is 4.79 Å². The number of carbonyl (C=O) groups excluding carboxylic acids is 7. The molecule has 3 aromatic carbocycles. The first-order valence-corrected chi connectivity index (χ1v) is 24.8. The van der Waals surface area contributed by atoms with Gasteiger partial charge >= 0.3 is 11.9 Å². The number of thiol groups is 1. The summed E-state index contributed by atoms with van der Waals surface area (Å²) < 4.78 is 0. The Morgan fingerprint density at radius 2 is 1.11 bits per heavy atom. The highest BCUT2D eigenvalue weighted by Crippen LogP contribution is 2.20. The summed E-state index contributed by atoms with van der Waals surface area (Å²) >= 11 is 4.27. The lowest BCUT2D eigenvalue weighted by atomic mass is 10.0. The molecule has 1 aromatic heterocycles. The monoisotopic (exact) mass is 1040 g/mol. The number of phenols is 1. The summed E-state index contributed by atoms with van der Waals surface area (Å²) in [5, 5.41) is 47.7. The Morgan fingerprint density at radius 1 is 0.581 bits per heavy atom. The van der Waals surface area contributed by atoms with Crippen LogP contribution in [0.1, 0.15) is 69.6 Å². The van der Waals surface area contributed by atoms with Crippen molar-refractivity contribution in [2.24, 2.45) is 17.4 Å². The van der Waals surface area contributed by atoms with Crippen molar-refractivity contribution in [3.8, 4) is 5.75 Å². The maximum absolute atomic E-state index is 14.4. The molecule has 0 spiro atoms. The van der Waals surface area contributed by atoms with E-state index in [-0.39, 0.29) is 43.6 Å². The number of aromatic nitrogens is 1. The lowest BCUT2D eigenvalue weighted by Gasteiger charge is -2.28. The van der Waals surface area contributed by atoms with Gasteiger partial charge in [-0.15, -0.1) is 0 Å². The van der Waals surface area contributed by atoms with Crippen LogP contribution in [0.4, 0.5) is 0 Å². The fraction of sp³-hybridized carbons (Fsp3) is 0.431. The van der Waals surface area contributed by atoms with E-state index in [1.165, 1.54) is 31.2 Å². The lowest BCUT2D eigenvalue weighted by molar-refractivity contribution is -0.143. The molecule has 8 atom stereocenters. The zero-order chi connectivity index (χ0) is 54.5. The molecule has 4 aromatic rings. The predicted octanol–water partition coefficient (Wildman–Crippen LogP) is 0.306. The molecule has 0 saturated carbocycles. The summed E-state index contributed by atoms with van der Waals surface area (Å²) in [4.78, 5) is 123. The van der Waals surface area contributed by atoms with E-state index in [1.807, 2.05) is 18.2 Å². The Kier molecular flexibility index (Phi) is 23.4. The van der Waals surface area contributed by atoms with Crippen LogP contribution in [0.2, 0.25) is 0 Å². The molecule has 23 heteroatoms. The van der Waals surface area contributed by atoms with E-state index >= 15 is 0 Å². The second kappa shape index (κ2) is 29.3. The molecular weight excluding hydrogens is 977 g/mol. The zero-order valence-corrected chi connectivity index (χ0v) is 42.4. The molecule has 0 radical (unpaired) electrons. The number of carboxylic acids is 2. The van der Waals surface area contributed by atoms with Gasteiger partial charge in [0.25, 0.3) is 0 Å². The van der Waals surface area contributed by atoms with Gasteiger partial charge in [0.1, 0.15) is 48.0 Å². The number of hydrogen-bond donors (Lipinski definition) is 14. The van der Waals surface area contributed by atoms with Crippen LogP contribution < -0.4 is 48.7 Å². The quantitative estimate of drug-likeness (QED) is 0.0247. The number of nitrogens with one attached hydrogen (secondary N) is 8. The van der Waals surface area contributed by atoms with Crippen molar-refractivity contribution >= 4 is 76.8 Å². The van der Waals surface area contributed by atoms with Gasteiger partial charge in [0, 0.05) is 48.5 Å². The Hall–Kier alpha value is -7.50. The van der Waals surface area contributed by atoms with Crippen molar-refractivity contribution in [1.82, 2.24) is 42.2 Å². The van der Waals surface area contributed by atoms with E-state index in [2.05, 4.69) is 54.8 Å². The van der Waals surface area contributed by atoms with Gasteiger partial charge in [0.05, 0.1) is 6.04 Å². The van der Waals surface area contributed by atoms with Crippen LogP contribution in [0.5, 0.6) is 5.75 Å². The second-order valence-corrected chi connectivity index (χ2v) is 18.6. The first-order valence-electron chi connectivity index (χ1n) is 24.2. The molecule has 15 N–H and O–H groups in total. The zero-order valence-electron chi connectivity index (χ0n) is 41.5. The first-order chi connectivity index (χ1) is 35.2. The standard InChI is InChI=1S/C51H68N10O12S/c1-28(2)43(50(71)56-37(51(72)73)15-9-10-22-52)61-49(70)41(27-74)60-48(69)38(24-31-16-18-33(62)19-17-31)57-44(65)29(3)55-46(67)40(25-32-26-54-36-14-8-7-13-34(32)36)59-47(68)39(23-30-11-5-4-6-12-30)58-45(66)35(53)20-21-42(63)64/h4-8,11-14,16-19,26,28-29,35,37-41,43,54,62,74H,9-10,15,20-25,27,52-53H2,1-3H3,(H,55,67)(H,56,71)(H,57,65)(H,58,66)(H,59,68)(H,60,69)(H,61,70)(H,63,64)(H,72,73)/t29-,35-,37-,38-,39-,40-,41-,43-/m0/s1. The topological polar surface area (TPSA) is 366 Å². The molecule has 22 nitrogen and oxygen atoms in total. The number of benzene rings is 3. The Morgan fingerprint density at radius 3 is 1.70 bits per heavy atom. The Bertz CT molecular complexity index is 2560. The summed E-state index contributed by atoms with van der Waals surface area (Å²) in [6.45, 7) is 4.96. The van der Waals surface area contributed by atoms with E-state index in [0.717, 1.165) is 10.9 Å². The minimum absolute atomic E-state index is 0.0403. The number of aliphatic carboxylic acids is 2. The van der Waals surface area contributed by atoms with Crippen LogP contribution in [-0.2, 0) is 62.4 Å². The molecule has 0 bridgehead atoms. The van der Waals surface area contributed by atoms with Gasteiger partial charge in [-0.05, 0) is 80.0 Å². The van der Waals surface area contributed by atoms with E-state index < -0.39 is 114 Å². The number of phenolic OH excluding ortho intramolecular Hbond substituents is 1. The predicted molar refractivity (Wildman–Crippen MR) is 277 cm³/mol. The van der Waals surface area contributed by atoms with Crippen LogP contribution in [-0.4, -0.2) is 134 Å². The van der Waals surface area contributed by atoms with Crippen molar-refractivity contribution in [3.05, 3.63) is 102 Å². The summed E-state index contributed by atoms with van der Waals surface area (Å²) in [7, 11) is 0. The molecule has 400 valence electrons. The van der Waals surface area contributed by atoms with Crippen molar-refractivity contribution in [2.75, 3.05) is 12.3 Å². The SMILES string of the molecule is CC(C)[C@H](NC(=O)[C@H](CS)NC(=O)[C@H](Cc1ccc(O)cc1)NC(=O)[C@H](C)NC(=O)[C@H](Cc1c[nH]c2ccccc12)NC(=O)[C@H](Cc1ccccc1)NC(=O)[C@@H](N)CCC(=O)O)C(=O)N[C@@H](CCCCN)C(=O)O. The number of nitrogens with two attached hydrogens (primary N) is 2. The number of H-pyrrole nitrogens is 1. The van der Waals surface area contributed by atoms with Crippen molar-refractivity contribution in [2.45, 2.75) is 120 Å². The van der Waals surface area contributed by atoms with E-state index in [9.17, 15) is 53.4 Å². The summed E-state index contributed by atoms with van der Waals surface area (Å²) in [6, 6.07) is 11.1. The normalized spacial score (nSPS) is 14.4. The minimum Gasteiger partial charge on any atom is -0.508 e. The van der Waals surface area contributed by atoms with E-state index in [1.54, 1.807) is 56.4 Å². The van der Waals surface area contributed by atoms with Crippen LogP contribution in [0.3, 0.4) is 0 Å². The summed E-state index contributed by atoms with van der Waals surface area (Å²) in [5.74, 6) is -9.02. The number of rotatable bonds is 30. The van der Waals surface area contributed by atoms with E-state index in [0.29, 0.717) is 36.1 Å². The van der Waals surface area contributed by atoms with Gasteiger partial charge < -0.3 is 69.0 Å². The van der Waals surface area contributed by atoms with Crippen LogP contribution >= 0.6 is 12.6 Å². The molecule has 0 aliphatic heterocycles. The Balaban J connectivity index is 1.56. The largest absolute Gasteiger partial charge is 0.508 e. The smallest absolute Gasteiger partial charge is 0.326 e. The third-order valence-electron chi connectivity index (χ3n) is 12.0. The molecular formula is C51H68N10O12S. The van der Waals surface area contributed by atoms with Gasteiger partial charge in [-0.3, -0.25) is 38.4 Å². The second-order valence-electron chi connectivity index (χ2n) is 18.2. The first kappa shape index (κ1) is 59.1. The van der Waals surface area contributed by atoms with Gasteiger partial charge in [-0.1, -0.05) is 74.5 Å². The molecule has 74 heavy (non-hydrogen) atoms.